The zero-order chi connectivity index (χ0) is 25.4. The summed E-state index contributed by atoms with van der Waals surface area (Å²) in [7, 11) is 0. The van der Waals surface area contributed by atoms with Gasteiger partial charge in [0, 0.05) is 65.3 Å². The minimum atomic E-state index is -0.432. The number of morpholine rings is 1. The highest BCUT2D eigenvalue weighted by Crippen LogP contribution is 2.32. The molecule has 2 aliphatic heterocycles. The van der Waals surface area contributed by atoms with Gasteiger partial charge in [-0.25, -0.2) is 9.98 Å². The first-order valence-electron chi connectivity index (χ1n) is 12.2. The predicted molar refractivity (Wildman–Crippen MR) is 142 cm³/mol. The van der Waals surface area contributed by atoms with Gasteiger partial charge in [0.15, 0.2) is 0 Å². The lowest BCUT2D eigenvalue weighted by Gasteiger charge is -2.34. The molecule has 0 aliphatic carbocycles. The Labute approximate surface area is 214 Å². The minimum absolute atomic E-state index is 0.0854. The van der Waals surface area contributed by atoms with Gasteiger partial charge in [0.1, 0.15) is 0 Å². The van der Waals surface area contributed by atoms with Crippen molar-refractivity contribution < 1.29 is 14.3 Å². The number of rotatable bonds is 6. The van der Waals surface area contributed by atoms with Gasteiger partial charge in [-0.2, -0.15) is 0 Å². The first kappa shape index (κ1) is 24.5. The summed E-state index contributed by atoms with van der Waals surface area (Å²) in [6.45, 7) is 11.2. The van der Waals surface area contributed by atoms with E-state index in [-0.39, 0.29) is 24.4 Å². The van der Waals surface area contributed by atoms with Crippen LogP contribution in [0.25, 0.3) is 16.8 Å². The lowest BCUT2D eigenvalue weighted by atomic mass is 9.95. The molecule has 2 unspecified atom stereocenters. The number of carbonyl (C=O) groups excluding carboxylic acids is 2. The SMILES string of the molecule is CC1=CC(C)=NC(=O)C1CNC(=O)c1cc2cc(-c3cscn3)cn2c(C(C)N2CCOCC2)c1C. The largest absolute Gasteiger partial charge is 0.379 e. The van der Waals surface area contributed by atoms with E-state index in [0.717, 1.165) is 46.7 Å². The van der Waals surface area contributed by atoms with E-state index >= 15 is 0 Å². The topological polar surface area (TPSA) is 88.3 Å². The maximum Gasteiger partial charge on any atom is 0.254 e. The monoisotopic (exact) mass is 505 g/mol. The number of fused-ring (bicyclic) bond motifs is 1. The van der Waals surface area contributed by atoms with Crippen LogP contribution in [-0.2, 0) is 9.53 Å². The molecule has 188 valence electrons. The Morgan fingerprint density at radius 3 is 2.72 bits per heavy atom. The van der Waals surface area contributed by atoms with E-state index in [0.29, 0.717) is 24.5 Å². The van der Waals surface area contributed by atoms with Crippen molar-refractivity contribution in [2.75, 3.05) is 32.8 Å². The number of thiazole rings is 1. The summed E-state index contributed by atoms with van der Waals surface area (Å²) in [6.07, 6.45) is 4.01. The van der Waals surface area contributed by atoms with E-state index in [9.17, 15) is 9.59 Å². The number of hydrogen-bond donors (Lipinski definition) is 1. The molecule has 8 nitrogen and oxygen atoms in total. The molecule has 0 aromatic carbocycles. The Hall–Kier alpha value is -3.14. The molecule has 5 rings (SSSR count). The van der Waals surface area contributed by atoms with Gasteiger partial charge in [-0.15, -0.1) is 11.3 Å². The molecule has 0 bridgehead atoms. The van der Waals surface area contributed by atoms with E-state index in [1.165, 1.54) is 0 Å². The number of nitrogens with zero attached hydrogens (tertiary/aromatic N) is 4. The van der Waals surface area contributed by atoms with Crippen LogP contribution in [0.3, 0.4) is 0 Å². The number of amides is 2. The first-order chi connectivity index (χ1) is 17.3. The van der Waals surface area contributed by atoms with Crippen molar-refractivity contribution in [3.05, 3.63) is 57.7 Å². The number of pyridine rings is 1. The van der Waals surface area contributed by atoms with Crippen molar-refractivity contribution in [3.8, 4) is 11.3 Å². The molecule has 3 aromatic rings. The summed E-state index contributed by atoms with van der Waals surface area (Å²) in [5.74, 6) is -0.826. The molecule has 0 saturated carbocycles. The molecule has 2 aliphatic rings. The molecule has 3 aromatic heterocycles. The van der Waals surface area contributed by atoms with E-state index in [1.807, 2.05) is 43.8 Å². The molecule has 1 fully saturated rings. The normalized spacial score (nSPS) is 19.8. The number of dihydropyridines is 1. The molecule has 2 amide bonds. The van der Waals surface area contributed by atoms with E-state index in [2.05, 4.69) is 43.8 Å². The van der Waals surface area contributed by atoms with Crippen LogP contribution in [0.1, 0.15) is 48.4 Å². The third kappa shape index (κ3) is 4.66. The van der Waals surface area contributed by atoms with Crippen LogP contribution in [0.5, 0.6) is 0 Å². The second-order valence-electron chi connectivity index (χ2n) is 9.53. The third-order valence-corrected chi connectivity index (χ3v) is 7.78. The van der Waals surface area contributed by atoms with Crippen LogP contribution in [0.4, 0.5) is 0 Å². The molecule has 5 heterocycles. The van der Waals surface area contributed by atoms with Gasteiger partial charge in [0.2, 0.25) is 0 Å². The van der Waals surface area contributed by atoms with Crippen LogP contribution in [-0.4, -0.2) is 64.7 Å². The Morgan fingerprint density at radius 1 is 1.25 bits per heavy atom. The van der Waals surface area contributed by atoms with E-state index in [4.69, 9.17) is 4.74 Å². The molecule has 1 saturated heterocycles. The Kier molecular flexibility index (Phi) is 6.87. The van der Waals surface area contributed by atoms with Crippen molar-refractivity contribution in [2.45, 2.75) is 33.7 Å². The first-order valence-corrected chi connectivity index (χ1v) is 13.2. The number of hydrogen-bond acceptors (Lipinski definition) is 6. The minimum Gasteiger partial charge on any atom is -0.379 e. The van der Waals surface area contributed by atoms with Gasteiger partial charge in [0.25, 0.3) is 11.8 Å². The van der Waals surface area contributed by atoms with Crippen molar-refractivity contribution in [1.82, 2.24) is 19.6 Å². The van der Waals surface area contributed by atoms with Crippen LogP contribution < -0.4 is 5.32 Å². The number of ether oxygens (including phenoxy) is 1. The molecule has 0 spiro atoms. The Morgan fingerprint density at radius 2 is 2.03 bits per heavy atom. The summed E-state index contributed by atoms with van der Waals surface area (Å²) in [5.41, 5.74) is 8.94. The summed E-state index contributed by atoms with van der Waals surface area (Å²) in [4.78, 5) is 36.9. The van der Waals surface area contributed by atoms with Gasteiger partial charge in [-0.3, -0.25) is 14.5 Å². The smallest absolute Gasteiger partial charge is 0.254 e. The third-order valence-electron chi connectivity index (χ3n) is 7.19. The maximum atomic E-state index is 13.5. The van der Waals surface area contributed by atoms with Crippen molar-refractivity contribution in [1.29, 1.82) is 0 Å². The summed E-state index contributed by atoms with van der Waals surface area (Å²) < 4.78 is 7.76. The van der Waals surface area contributed by atoms with Crippen molar-refractivity contribution >= 4 is 34.4 Å². The average molecular weight is 506 g/mol. The van der Waals surface area contributed by atoms with E-state index < -0.39 is 5.92 Å². The number of carbonyl (C=O) groups is 2. The van der Waals surface area contributed by atoms with Crippen LogP contribution in [0.2, 0.25) is 0 Å². The standard InChI is InChI=1S/C27H31N5O3S/c1-16-9-17(2)30-27(34)23(16)12-28-26(33)22-11-21-10-20(24-14-36-15-29-24)13-32(21)25(18(22)3)19(4)31-5-7-35-8-6-31/h9-11,13-15,19,23H,5-8,12H2,1-4H3,(H,28,33). The second kappa shape index (κ2) is 10.1. The fraction of sp³-hybridized carbons (Fsp3) is 0.407. The van der Waals surface area contributed by atoms with Gasteiger partial charge >= 0.3 is 0 Å². The highest BCUT2D eigenvalue weighted by atomic mass is 32.1. The van der Waals surface area contributed by atoms with Gasteiger partial charge < -0.3 is 14.5 Å². The summed E-state index contributed by atoms with van der Waals surface area (Å²) in [6, 6.07) is 4.10. The van der Waals surface area contributed by atoms with Crippen molar-refractivity contribution in [3.63, 3.8) is 0 Å². The predicted octanol–water partition coefficient (Wildman–Crippen LogP) is 4.06. The summed E-state index contributed by atoms with van der Waals surface area (Å²) in [5, 5.41) is 5.04. The highest BCUT2D eigenvalue weighted by molar-refractivity contribution is 7.07. The maximum absolute atomic E-state index is 13.5. The molecule has 1 N–H and O–H groups in total. The fourth-order valence-electron chi connectivity index (χ4n) is 5.20. The van der Waals surface area contributed by atoms with Crippen molar-refractivity contribution in [2.24, 2.45) is 10.9 Å². The van der Waals surface area contributed by atoms with Gasteiger partial charge in [-0.1, -0.05) is 5.57 Å². The van der Waals surface area contributed by atoms with E-state index in [1.54, 1.807) is 11.3 Å². The average Bonchev–Trinajstić information content (AvgIpc) is 3.53. The lowest BCUT2D eigenvalue weighted by molar-refractivity contribution is -0.120. The quantitative estimate of drug-likeness (QED) is 0.546. The van der Waals surface area contributed by atoms with Crippen LogP contribution >= 0.6 is 11.3 Å². The number of nitrogens with one attached hydrogen (secondary N) is 1. The molecule has 0 radical (unpaired) electrons. The zero-order valence-corrected chi connectivity index (χ0v) is 21.9. The lowest BCUT2D eigenvalue weighted by Crippen LogP contribution is -2.39. The van der Waals surface area contributed by atoms with Gasteiger partial charge in [0.05, 0.1) is 30.3 Å². The molecular weight excluding hydrogens is 474 g/mol. The molecule has 2 atom stereocenters. The van der Waals surface area contributed by atoms with Crippen LogP contribution in [0, 0.1) is 12.8 Å². The molecular formula is C27H31N5O3S. The molecule has 36 heavy (non-hydrogen) atoms. The number of allylic oxidation sites excluding steroid dienone is 1. The molecule has 9 heteroatoms. The number of aromatic nitrogens is 2. The fourth-order valence-corrected chi connectivity index (χ4v) is 5.77. The van der Waals surface area contributed by atoms with Crippen LogP contribution in [0.15, 0.2) is 45.9 Å². The number of aliphatic imine (C=N–C) groups is 1. The Balaban J connectivity index is 1.51. The Bertz CT molecular complexity index is 1370. The summed E-state index contributed by atoms with van der Waals surface area (Å²) >= 11 is 1.56. The second-order valence-corrected chi connectivity index (χ2v) is 10.3. The van der Waals surface area contributed by atoms with Gasteiger partial charge in [-0.05, 0) is 51.5 Å². The zero-order valence-electron chi connectivity index (χ0n) is 21.1. The highest BCUT2D eigenvalue weighted by Gasteiger charge is 2.28.